The smallest absolute Gasteiger partial charge is 0.330 e. The molecule has 3 N–H and O–H groups in total. The Morgan fingerprint density at radius 3 is 2.24 bits per heavy atom. The summed E-state index contributed by atoms with van der Waals surface area (Å²) in [7, 11) is 0. The molecule has 0 saturated carbocycles. The number of ether oxygens (including phenoxy) is 1. The van der Waals surface area contributed by atoms with Crippen molar-refractivity contribution in [2.75, 3.05) is 0 Å². The van der Waals surface area contributed by atoms with Gasteiger partial charge in [-0.05, 0) is 67.1 Å². The zero-order chi connectivity index (χ0) is 25.0. The van der Waals surface area contributed by atoms with Gasteiger partial charge in [-0.2, -0.15) is 0 Å². The molecule has 0 fully saturated rings. The number of aromatic hydroxyl groups is 1. The number of nitrogens with one attached hydrogen (secondary N) is 1. The molecule has 1 amide bonds. The minimum atomic E-state index is -1.14. The molecular weight excluding hydrogens is 590 g/mol. The van der Waals surface area contributed by atoms with Gasteiger partial charge in [0.1, 0.15) is 11.5 Å². The van der Waals surface area contributed by atoms with Crippen molar-refractivity contribution in [2.24, 2.45) is 0 Å². The number of phenols is 1. The van der Waals surface area contributed by atoms with Gasteiger partial charge in [-0.25, -0.2) is 4.79 Å². The summed E-state index contributed by atoms with van der Waals surface area (Å²) in [5, 5.41) is 22.5. The molecule has 0 heterocycles. The standard InChI is InChI=1S/C25H22Br2ClNO5/c1-13(2)17-11-16(12-20(28)23(17)31)34-24-18(26)8-14(9-19(24)27)10-21(30)29-22(25(32)33)15-6-4-3-5-7-15/h3-9,11-13,22,31H,10H2,1-2H3,(H,29,30)(H,32,33). The number of halogens is 3. The highest BCUT2D eigenvalue weighted by molar-refractivity contribution is 9.11. The lowest BCUT2D eigenvalue weighted by Gasteiger charge is -2.17. The fourth-order valence-electron chi connectivity index (χ4n) is 3.35. The Bertz CT molecular complexity index is 1190. The van der Waals surface area contributed by atoms with E-state index in [9.17, 15) is 19.8 Å². The summed E-state index contributed by atoms with van der Waals surface area (Å²) in [6.45, 7) is 3.88. The first kappa shape index (κ1) is 26.1. The number of aliphatic carboxylic acids is 1. The van der Waals surface area contributed by atoms with Gasteiger partial charge in [0.05, 0.1) is 20.4 Å². The molecule has 0 spiro atoms. The minimum Gasteiger partial charge on any atom is -0.506 e. The summed E-state index contributed by atoms with van der Waals surface area (Å²) >= 11 is 13.1. The average molecular weight is 612 g/mol. The van der Waals surface area contributed by atoms with Crippen LogP contribution < -0.4 is 10.1 Å². The molecule has 0 saturated heterocycles. The maximum Gasteiger partial charge on any atom is 0.330 e. The third kappa shape index (κ3) is 6.31. The van der Waals surface area contributed by atoms with Crippen LogP contribution in [0.25, 0.3) is 0 Å². The van der Waals surface area contributed by atoms with E-state index in [0.717, 1.165) is 0 Å². The molecule has 3 aromatic carbocycles. The van der Waals surface area contributed by atoms with Crippen LogP contribution in [0.5, 0.6) is 17.2 Å². The van der Waals surface area contributed by atoms with E-state index in [1.807, 2.05) is 13.8 Å². The monoisotopic (exact) mass is 609 g/mol. The normalized spacial score (nSPS) is 11.8. The summed E-state index contributed by atoms with van der Waals surface area (Å²) in [4.78, 5) is 24.2. The first-order valence-corrected chi connectivity index (χ1v) is 12.3. The van der Waals surface area contributed by atoms with E-state index in [1.165, 1.54) is 6.07 Å². The van der Waals surface area contributed by atoms with Gasteiger partial charge >= 0.3 is 5.97 Å². The Balaban J connectivity index is 1.78. The van der Waals surface area contributed by atoms with Gasteiger partial charge < -0.3 is 20.3 Å². The lowest BCUT2D eigenvalue weighted by Crippen LogP contribution is -2.34. The number of amides is 1. The van der Waals surface area contributed by atoms with E-state index in [2.05, 4.69) is 37.2 Å². The van der Waals surface area contributed by atoms with Crippen molar-refractivity contribution in [1.29, 1.82) is 0 Å². The Kier molecular flexibility index (Phi) is 8.62. The van der Waals surface area contributed by atoms with Crippen molar-refractivity contribution in [3.8, 4) is 17.2 Å². The van der Waals surface area contributed by atoms with Gasteiger partial charge in [0, 0.05) is 11.6 Å². The highest BCUT2D eigenvalue weighted by atomic mass is 79.9. The lowest BCUT2D eigenvalue weighted by molar-refractivity contribution is -0.141. The molecule has 3 aromatic rings. The van der Waals surface area contributed by atoms with Crippen molar-refractivity contribution in [1.82, 2.24) is 5.32 Å². The van der Waals surface area contributed by atoms with Gasteiger partial charge in [0.25, 0.3) is 0 Å². The van der Waals surface area contributed by atoms with E-state index in [0.29, 0.717) is 37.1 Å². The summed E-state index contributed by atoms with van der Waals surface area (Å²) < 4.78 is 7.18. The van der Waals surface area contributed by atoms with E-state index < -0.39 is 17.9 Å². The Hall–Kier alpha value is -2.55. The average Bonchev–Trinajstić information content (AvgIpc) is 2.77. The maximum atomic E-state index is 12.6. The van der Waals surface area contributed by atoms with Crippen LogP contribution in [-0.4, -0.2) is 22.1 Å². The molecule has 0 aromatic heterocycles. The Labute approximate surface area is 219 Å². The second kappa shape index (κ2) is 11.3. The van der Waals surface area contributed by atoms with Crippen LogP contribution >= 0.6 is 43.5 Å². The van der Waals surface area contributed by atoms with Crippen LogP contribution in [0.1, 0.15) is 42.5 Å². The molecule has 0 aliphatic rings. The number of hydrogen-bond donors (Lipinski definition) is 3. The number of carbonyl (C=O) groups excluding carboxylic acids is 1. The third-order valence-electron chi connectivity index (χ3n) is 5.02. The van der Waals surface area contributed by atoms with E-state index in [1.54, 1.807) is 48.5 Å². The molecule has 0 aliphatic carbocycles. The molecule has 1 atom stereocenters. The molecule has 178 valence electrons. The van der Waals surface area contributed by atoms with Crippen molar-refractivity contribution in [3.63, 3.8) is 0 Å². The Morgan fingerprint density at radius 1 is 1.06 bits per heavy atom. The highest BCUT2D eigenvalue weighted by Gasteiger charge is 2.22. The maximum absolute atomic E-state index is 12.6. The largest absolute Gasteiger partial charge is 0.506 e. The van der Waals surface area contributed by atoms with Crippen LogP contribution in [-0.2, 0) is 16.0 Å². The molecule has 6 nitrogen and oxygen atoms in total. The molecular formula is C25H22Br2ClNO5. The predicted molar refractivity (Wildman–Crippen MR) is 138 cm³/mol. The molecule has 0 bridgehead atoms. The second-order valence-electron chi connectivity index (χ2n) is 7.91. The number of carboxylic acid groups (broad SMARTS) is 1. The fraction of sp³-hybridized carbons (Fsp3) is 0.200. The van der Waals surface area contributed by atoms with E-state index in [-0.39, 0.29) is 23.1 Å². The zero-order valence-corrected chi connectivity index (χ0v) is 22.2. The van der Waals surface area contributed by atoms with Crippen LogP contribution in [0.15, 0.2) is 63.5 Å². The molecule has 0 radical (unpaired) electrons. The van der Waals surface area contributed by atoms with E-state index in [4.69, 9.17) is 16.3 Å². The zero-order valence-electron chi connectivity index (χ0n) is 18.3. The van der Waals surface area contributed by atoms with Crippen molar-refractivity contribution < 1.29 is 24.5 Å². The van der Waals surface area contributed by atoms with Crippen LogP contribution in [0, 0.1) is 0 Å². The summed E-state index contributed by atoms with van der Waals surface area (Å²) in [5.74, 6) is -0.591. The summed E-state index contributed by atoms with van der Waals surface area (Å²) in [6, 6.07) is 14.1. The topological polar surface area (TPSA) is 95.9 Å². The number of phenolic OH excluding ortho intramolecular Hbond substituents is 1. The van der Waals surface area contributed by atoms with Crippen LogP contribution in [0.4, 0.5) is 0 Å². The first-order chi connectivity index (χ1) is 16.1. The van der Waals surface area contributed by atoms with Crippen LogP contribution in [0.3, 0.4) is 0 Å². The second-order valence-corrected chi connectivity index (χ2v) is 10.0. The quantitative estimate of drug-likeness (QED) is 0.256. The SMILES string of the molecule is CC(C)c1cc(Oc2c(Br)cc(CC(=O)NC(C(=O)O)c3ccccc3)cc2Br)cc(Cl)c1O. The summed E-state index contributed by atoms with van der Waals surface area (Å²) in [6.07, 6.45) is -0.0311. The first-order valence-electron chi connectivity index (χ1n) is 10.3. The van der Waals surface area contributed by atoms with Gasteiger partial charge in [-0.3, -0.25) is 4.79 Å². The van der Waals surface area contributed by atoms with Gasteiger partial charge in [-0.15, -0.1) is 0 Å². The minimum absolute atomic E-state index is 0.0266. The molecule has 1 unspecified atom stereocenters. The van der Waals surface area contributed by atoms with Gasteiger partial charge in [0.2, 0.25) is 5.91 Å². The van der Waals surface area contributed by atoms with Crippen molar-refractivity contribution in [3.05, 3.63) is 85.3 Å². The number of rotatable bonds is 8. The summed E-state index contributed by atoms with van der Waals surface area (Å²) in [5.41, 5.74) is 1.80. The number of carbonyl (C=O) groups is 2. The number of carboxylic acids is 1. The molecule has 0 aliphatic heterocycles. The molecule has 34 heavy (non-hydrogen) atoms. The van der Waals surface area contributed by atoms with Gasteiger partial charge in [-0.1, -0.05) is 55.8 Å². The van der Waals surface area contributed by atoms with Crippen molar-refractivity contribution >= 4 is 55.3 Å². The number of benzene rings is 3. The lowest BCUT2D eigenvalue weighted by atomic mass is 10.0. The van der Waals surface area contributed by atoms with Crippen LogP contribution in [0.2, 0.25) is 5.02 Å². The fourth-order valence-corrected chi connectivity index (χ4v) is 5.01. The highest BCUT2D eigenvalue weighted by Crippen LogP contribution is 2.42. The van der Waals surface area contributed by atoms with Gasteiger partial charge in [0.15, 0.2) is 11.8 Å². The predicted octanol–water partition coefficient (Wildman–Crippen LogP) is 6.97. The third-order valence-corrected chi connectivity index (χ3v) is 6.48. The number of hydrogen-bond acceptors (Lipinski definition) is 4. The molecule has 3 rings (SSSR count). The van der Waals surface area contributed by atoms with E-state index >= 15 is 0 Å². The van der Waals surface area contributed by atoms with Crippen molar-refractivity contribution in [2.45, 2.75) is 32.2 Å². The molecule has 9 heteroatoms. The Morgan fingerprint density at radius 2 is 1.68 bits per heavy atom.